The van der Waals surface area contributed by atoms with E-state index in [1.54, 1.807) is 43.8 Å². The van der Waals surface area contributed by atoms with Gasteiger partial charge in [-0.1, -0.05) is 17.7 Å². The minimum Gasteiger partial charge on any atom is -0.497 e. The SMILES string of the molecule is COc1ccc(CNC(=O)c2ccncc2)c(Cl)c1. The van der Waals surface area contributed by atoms with Crippen molar-refractivity contribution in [3.63, 3.8) is 0 Å². The summed E-state index contributed by atoms with van der Waals surface area (Å²) in [4.78, 5) is 15.7. The Morgan fingerprint density at radius 2 is 2.05 bits per heavy atom. The Bertz CT molecular complexity index is 573. The van der Waals surface area contributed by atoms with Gasteiger partial charge in [-0.05, 0) is 29.8 Å². The average molecular weight is 277 g/mol. The lowest BCUT2D eigenvalue weighted by Gasteiger charge is -2.08. The molecule has 2 aromatic rings. The first kappa shape index (κ1) is 13.4. The van der Waals surface area contributed by atoms with Gasteiger partial charge in [0.2, 0.25) is 0 Å². The number of carbonyl (C=O) groups is 1. The molecule has 4 nitrogen and oxygen atoms in total. The molecule has 0 aliphatic heterocycles. The van der Waals surface area contributed by atoms with Crippen molar-refractivity contribution in [3.8, 4) is 5.75 Å². The van der Waals surface area contributed by atoms with Gasteiger partial charge < -0.3 is 10.1 Å². The molecule has 0 fully saturated rings. The normalized spacial score (nSPS) is 10.0. The molecule has 0 atom stereocenters. The number of amides is 1. The fourth-order valence-corrected chi connectivity index (χ4v) is 1.82. The number of hydrogen-bond acceptors (Lipinski definition) is 3. The monoisotopic (exact) mass is 276 g/mol. The summed E-state index contributed by atoms with van der Waals surface area (Å²) in [5.41, 5.74) is 1.41. The number of hydrogen-bond donors (Lipinski definition) is 1. The van der Waals surface area contributed by atoms with Crippen molar-refractivity contribution in [1.29, 1.82) is 0 Å². The van der Waals surface area contributed by atoms with Crippen molar-refractivity contribution >= 4 is 17.5 Å². The van der Waals surface area contributed by atoms with Gasteiger partial charge in [-0.25, -0.2) is 0 Å². The van der Waals surface area contributed by atoms with E-state index in [1.165, 1.54) is 0 Å². The van der Waals surface area contributed by atoms with E-state index in [4.69, 9.17) is 16.3 Å². The molecule has 0 radical (unpaired) electrons. The van der Waals surface area contributed by atoms with Gasteiger partial charge in [0.15, 0.2) is 0 Å². The molecule has 0 spiro atoms. The summed E-state index contributed by atoms with van der Waals surface area (Å²) in [5.74, 6) is 0.531. The predicted octanol–water partition coefficient (Wildman–Crippen LogP) is 2.67. The third kappa shape index (κ3) is 3.45. The third-order valence-electron chi connectivity index (χ3n) is 2.64. The van der Waals surface area contributed by atoms with E-state index in [0.29, 0.717) is 22.9 Å². The van der Waals surface area contributed by atoms with Crippen LogP contribution in [0.1, 0.15) is 15.9 Å². The van der Waals surface area contributed by atoms with Crippen LogP contribution < -0.4 is 10.1 Å². The maximum absolute atomic E-state index is 11.8. The lowest BCUT2D eigenvalue weighted by molar-refractivity contribution is 0.0951. The molecule has 1 heterocycles. The number of aromatic nitrogens is 1. The number of pyridine rings is 1. The van der Waals surface area contributed by atoms with Crippen LogP contribution in [0.2, 0.25) is 5.02 Å². The summed E-state index contributed by atoms with van der Waals surface area (Å²) in [6, 6.07) is 8.67. The highest BCUT2D eigenvalue weighted by atomic mass is 35.5. The molecule has 0 saturated heterocycles. The van der Waals surface area contributed by atoms with Gasteiger partial charge in [-0.15, -0.1) is 0 Å². The van der Waals surface area contributed by atoms with Crippen molar-refractivity contribution in [2.75, 3.05) is 7.11 Å². The quantitative estimate of drug-likeness (QED) is 0.934. The summed E-state index contributed by atoms with van der Waals surface area (Å²) in [5, 5.41) is 3.37. The second-order valence-electron chi connectivity index (χ2n) is 3.88. The molecule has 0 bridgehead atoms. The molecule has 0 unspecified atom stereocenters. The fraction of sp³-hybridized carbons (Fsp3) is 0.143. The molecule has 5 heteroatoms. The van der Waals surface area contributed by atoms with Gasteiger partial charge in [-0.2, -0.15) is 0 Å². The molecule has 1 aromatic carbocycles. The number of methoxy groups -OCH3 is 1. The zero-order chi connectivity index (χ0) is 13.7. The minimum absolute atomic E-state index is 0.158. The number of benzene rings is 1. The van der Waals surface area contributed by atoms with Crippen LogP contribution >= 0.6 is 11.6 Å². The Balaban J connectivity index is 2.01. The van der Waals surface area contributed by atoms with Gasteiger partial charge in [0, 0.05) is 29.5 Å². The van der Waals surface area contributed by atoms with Gasteiger partial charge in [-0.3, -0.25) is 9.78 Å². The molecule has 0 aliphatic rings. The van der Waals surface area contributed by atoms with Crippen LogP contribution in [0.15, 0.2) is 42.7 Å². The van der Waals surface area contributed by atoms with Gasteiger partial charge in [0.25, 0.3) is 5.91 Å². The van der Waals surface area contributed by atoms with Crippen molar-refractivity contribution < 1.29 is 9.53 Å². The van der Waals surface area contributed by atoms with E-state index in [2.05, 4.69) is 10.3 Å². The van der Waals surface area contributed by atoms with Gasteiger partial charge >= 0.3 is 0 Å². The van der Waals surface area contributed by atoms with Crippen LogP contribution in [0.3, 0.4) is 0 Å². The van der Waals surface area contributed by atoms with Crippen LogP contribution in [0, 0.1) is 0 Å². The van der Waals surface area contributed by atoms with Crippen molar-refractivity contribution in [1.82, 2.24) is 10.3 Å². The molecule has 2 rings (SSSR count). The Kier molecular flexibility index (Phi) is 4.36. The first-order valence-corrected chi connectivity index (χ1v) is 6.09. The topological polar surface area (TPSA) is 51.2 Å². The maximum Gasteiger partial charge on any atom is 0.251 e. The largest absolute Gasteiger partial charge is 0.497 e. The highest BCUT2D eigenvalue weighted by Gasteiger charge is 2.07. The van der Waals surface area contributed by atoms with Gasteiger partial charge in [0.05, 0.1) is 7.11 Å². The summed E-state index contributed by atoms with van der Waals surface area (Å²) in [6.07, 6.45) is 3.16. The highest BCUT2D eigenvalue weighted by Crippen LogP contribution is 2.22. The van der Waals surface area contributed by atoms with E-state index in [9.17, 15) is 4.79 Å². The molecule has 1 N–H and O–H groups in total. The van der Waals surface area contributed by atoms with E-state index in [-0.39, 0.29) is 5.91 Å². The van der Waals surface area contributed by atoms with E-state index in [1.807, 2.05) is 6.07 Å². The Hall–Kier alpha value is -2.07. The maximum atomic E-state index is 11.8. The van der Waals surface area contributed by atoms with Crippen LogP contribution in [0.25, 0.3) is 0 Å². The first-order chi connectivity index (χ1) is 9.20. The standard InChI is InChI=1S/C14H13ClN2O2/c1-19-12-3-2-11(13(15)8-12)9-17-14(18)10-4-6-16-7-5-10/h2-8H,9H2,1H3,(H,17,18). The fourth-order valence-electron chi connectivity index (χ4n) is 1.58. The Morgan fingerprint density at radius 3 is 2.68 bits per heavy atom. The molecule has 19 heavy (non-hydrogen) atoms. The lowest BCUT2D eigenvalue weighted by atomic mass is 10.2. The van der Waals surface area contributed by atoms with E-state index < -0.39 is 0 Å². The van der Waals surface area contributed by atoms with Crippen molar-refractivity contribution in [2.45, 2.75) is 6.54 Å². The zero-order valence-electron chi connectivity index (χ0n) is 10.4. The average Bonchev–Trinajstić information content (AvgIpc) is 2.46. The van der Waals surface area contributed by atoms with Crippen molar-refractivity contribution in [3.05, 3.63) is 58.9 Å². The molecular weight excluding hydrogens is 264 g/mol. The first-order valence-electron chi connectivity index (χ1n) is 5.71. The second kappa shape index (κ2) is 6.20. The molecule has 0 saturated carbocycles. The summed E-state index contributed by atoms with van der Waals surface area (Å²) in [6.45, 7) is 0.365. The molecule has 98 valence electrons. The summed E-state index contributed by atoms with van der Waals surface area (Å²) < 4.78 is 5.07. The number of rotatable bonds is 4. The molecule has 0 aliphatic carbocycles. The van der Waals surface area contributed by atoms with Crippen LogP contribution in [0.4, 0.5) is 0 Å². The number of ether oxygens (including phenoxy) is 1. The Morgan fingerprint density at radius 1 is 1.32 bits per heavy atom. The zero-order valence-corrected chi connectivity index (χ0v) is 11.1. The number of nitrogens with one attached hydrogen (secondary N) is 1. The second-order valence-corrected chi connectivity index (χ2v) is 4.28. The van der Waals surface area contributed by atoms with Crippen LogP contribution in [0.5, 0.6) is 5.75 Å². The molecule has 1 amide bonds. The molecule has 1 aromatic heterocycles. The predicted molar refractivity (Wildman–Crippen MR) is 73.4 cm³/mol. The third-order valence-corrected chi connectivity index (χ3v) is 2.99. The van der Waals surface area contributed by atoms with Crippen LogP contribution in [-0.2, 0) is 6.54 Å². The van der Waals surface area contributed by atoms with E-state index >= 15 is 0 Å². The van der Waals surface area contributed by atoms with Gasteiger partial charge in [0.1, 0.15) is 5.75 Å². The Labute approximate surface area is 116 Å². The molecular formula is C14H13ClN2O2. The lowest BCUT2D eigenvalue weighted by Crippen LogP contribution is -2.22. The number of halogens is 1. The summed E-state index contributed by atoms with van der Waals surface area (Å²) >= 11 is 6.10. The van der Waals surface area contributed by atoms with Crippen LogP contribution in [-0.4, -0.2) is 18.0 Å². The smallest absolute Gasteiger partial charge is 0.251 e. The van der Waals surface area contributed by atoms with Crippen molar-refractivity contribution in [2.24, 2.45) is 0 Å². The number of carbonyl (C=O) groups excluding carboxylic acids is 1. The van der Waals surface area contributed by atoms with E-state index in [0.717, 1.165) is 5.56 Å². The highest BCUT2D eigenvalue weighted by molar-refractivity contribution is 6.31. The summed E-state index contributed by atoms with van der Waals surface area (Å²) in [7, 11) is 1.58. The number of nitrogens with zero attached hydrogens (tertiary/aromatic N) is 1. The minimum atomic E-state index is -0.158.